The highest BCUT2D eigenvalue weighted by Gasteiger charge is 2.30. The van der Waals surface area contributed by atoms with Crippen LogP contribution in [0.25, 0.3) is 0 Å². The van der Waals surface area contributed by atoms with Crippen LogP contribution in [0, 0.1) is 23.3 Å². The Morgan fingerprint density at radius 1 is 0.955 bits per heavy atom. The smallest absolute Gasteiger partial charge is 0.199 e. The first-order valence-corrected chi connectivity index (χ1v) is 6.61. The zero-order valence-corrected chi connectivity index (χ0v) is 11.3. The number of phenols is 2. The van der Waals surface area contributed by atoms with Crippen LogP contribution in [0.4, 0.5) is 23.2 Å². The molecule has 0 bridgehead atoms. The van der Waals surface area contributed by atoms with Gasteiger partial charge in [-0.05, 0) is 12.1 Å². The van der Waals surface area contributed by atoms with Crippen molar-refractivity contribution in [3.8, 4) is 11.5 Å². The van der Waals surface area contributed by atoms with Gasteiger partial charge < -0.3 is 10.2 Å². The fourth-order valence-corrected chi connectivity index (χ4v) is 2.83. The third-order valence-corrected chi connectivity index (χ3v) is 4.00. The quantitative estimate of drug-likeness (QED) is 0.425. The van der Waals surface area contributed by atoms with Crippen LogP contribution in [0.2, 0.25) is 0 Å². The highest BCUT2D eigenvalue weighted by atomic mass is 32.2. The van der Waals surface area contributed by atoms with Gasteiger partial charge in [-0.2, -0.15) is 5.10 Å². The summed E-state index contributed by atoms with van der Waals surface area (Å²) in [4.78, 5) is -0.520. The number of hydrogen-bond acceptors (Lipinski definition) is 5. The molecule has 0 aromatic heterocycles. The number of halogens is 4. The Morgan fingerprint density at radius 3 is 2.32 bits per heavy atom. The van der Waals surface area contributed by atoms with Crippen LogP contribution in [-0.4, -0.2) is 15.3 Å². The molecule has 0 saturated heterocycles. The summed E-state index contributed by atoms with van der Waals surface area (Å²) in [5.74, 6) is -7.57. The van der Waals surface area contributed by atoms with Gasteiger partial charge in [0.05, 0.1) is 10.5 Å². The second kappa shape index (κ2) is 5.09. The maximum atomic E-state index is 13.8. The Morgan fingerprint density at radius 2 is 1.64 bits per heavy atom. The molecule has 3 N–H and O–H groups in total. The first-order valence-electron chi connectivity index (χ1n) is 5.80. The van der Waals surface area contributed by atoms with Crippen LogP contribution in [0.15, 0.2) is 28.2 Å². The molecule has 0 radical (unpaired) electrons. The zero-order valence-electron chi connectivity index (χ0n) is 10.5. The largest absolute Gasteiger partial charge is 0.508 e. The normalized spacial score (nSPS) is 13.4. The summed E-state index contributed by atoms with van der Waals surface area (Å²) in [6.45, 7) is 0. The summed E-state index contributed by atoms with van der Waals surface area (Å²) in [7, 11) is 0. The van der Waals surface area contributed by atoms with Gasteiger partial charge in [0.2, 0.25) is 0 Å². The summed E-state index contributed by atoms with van der Waals surface area (Å²) >= 11 is 0.518. The lowest BCUT2D eigenvalue weighted by molar-refractivity contribution is 0.401. The molecule has 2 aromatic carbocycles. The molecule has 0 fully saturated rings. The van der Waals surface area contributed by atoms with Crippen LogP contribution in [0.1, 0.15) is 5.56 Å². The van der Waals surface area contributed by atoms with Gasteiger partial charge >= 0.3 is 0 Å². The molecule has 0 saturated carbocycles. The molecule has 2 aromatic rings. The lowest BCUT2D eigenvalue weighted by atomic mass is 10.2. The lowest BCUT2D eigenvalue weighted by Gasteiger charge is -2.19. The fraction of sp³-hybridized carbons (Fsp3) is 0. The number of hydrazone groups is 1. The molecule has 4 nitrogen and oxygen atoms in total. The number of nitrogens with zero attached hydrogens (tertiary/aromatic N) is 1. The highest BCUT2D eigenvalue weighted by Crippen LogP contribution is 2.41. The fourth-order valence-electron chi connectivity index (χ4n) is 1.85. The Labute approximate surface area is 125 Å². The Bertz CT molecular complexity index is 826. The van der Waals surface area contributed by atoms with E-state index in [4.69, 9.17) is 0 Å². The van der Waals surface area contributed by atoms with Crippen molar-refractivity contribution in [1.29, 1.82) is 0 Å². The third kappa shape index (κ3) is 2.13. The van der Waals surface area contributed by atoms with E-state index in [0.29, 0.717) is 11.8 Å². The summed E-state index contributed by atoms with van der Waals surface area (Å²) in [5.41, 5.74) is 1.58. The molecule has 3 rings (SSSR count). The van der Waals surface area contributed by atoms with Crippen LogP contribution in [0.3, 0.4) is 0 Å². The number of benzene rings is 2. The standard InChI is InChI=1S/C13H6F4N2O2S/c14-7-8(15)10(17)12-11(9(7)16)18-19-13(22-12)5-2-1-4(20)3-6(5)21/h1-3,18,20-21H. The summed E-state index contributed by atoms with van der Waals surface area (Å²) in [6.07, 6.45) is 0. The van der Waals surface area contributed by atoms with E-state index >= 15 is 0 Å². The van der Waals surface area contributed by atoms with Crippen molar-refractivity contribution < 1.29 is 27.8 Å². The van der Waals surface area contributed by atoms with Gasteiger partial charge in [0, 0.05) is 6.07 Å². The number of thioether (sulfide) groups is 1. The first-order chi connectivity index (χ1) is 10.4. The molecular weight excluding hydrogens is 324 g/mol. The van der Waals surface area contributed by atoms with Crippen molar-refractivity contribution in [1.82, 2.24) is 0 Å². The van der Waals surface area contributed by atoms with E-state index in [-0.39, 0.29) is 22.1 Å². The lowest BCUT2D eigenvalue weighted by Crippen LogP contribution is -2.12. The Kier molecular flexibility index (Phi) is 3.36. The van der Waals surface area contributed by atoms with E-state index in [0.717, 1.165) is 6.07 Å². The van der Waals surface area contributed by atoms with E-state index < -0.39 is 33.9 Å². The minimum atomic E-state index is -1.93. The SMILES string of the molecule is Oc1ccc(C2=NNc3c(F)c(F)c(F)c(F)c3S2)c(O)c1. The van der Waals surface area contributed by atoms with E-state index in [1.165, 1.54) is 12.1 Å². The predicted octanol–water partition coefficient (Wildman–Crippen LogP) is 3.53. The Balaban J connectivity index is 2.09. The van der Waals surface area contributed by atoms with Gasteiger partial charge in [0.15, 0.2) is 23.3 Å². The van der Waals surface area contributed by atoms with Crippen molar-refractivity contribution in [3.63, 3.8) is 0 Å². The predicted molar refractivity (Wildman–Crippen MR) is 72.1 cm³/mol. The first kappa shape index (κ1) is 14.5. The monoisotopic (exact) mass is 330 g/mol. The van der Waals surface area contributed by atoms with Gasteiger partial charge in [-0.25, -0.2) is 17.6 Å². The number of phenolic OH excluding ortho intramolecular Hbond substituents is 2. The molecule has 1 aliphatic rings. The van der Waals surface area contributed by atoms with Crippen molar-refractivity contribution >= 4 is 22.5 Å². The molecule has 9 heteroatoms. The van der Waals surface area contributed by atoms with Crippen molar-refractivity contribution in [3.05, 3.63) is 47.0 Å². The molecule has 0 atom stereocenters. The van der Waals surface area contributed by atoms with Crippen molar-refractivity contribution in [2.45, 2.75) is 4.90 Å². The number of fused-ring (bicyclic) bond motifs is 1. The molecule has 0 aliphatic carbocycles. The average molecular weight is 330 g/mol. The van der Waals surface area contributed by atoms with Gasteiger partial charge in [0.25, 0.3) is 0 Å². The molecule has 0 spiro atoms. The Hall–Kier alpha value is -2.42. The zero-order chi connectivity index (χ0) is 16.0. The van der Waals surface area contributed by atoms with Gasteiger partial charge in [-0.1, -0.05) is 11.8 Å². The van der Waals surface area contributed by atoms with Crippen LogP contribution < -0.4 is 5.43 Å². The maximum absolute atomic E-state index is 13.8. The van der Waals surface area contributed by atoms with Crippen molar-refractivity contribution in [2.24, 2.45) is 5.10 Å². The maximum Gasteiger partial charge on any atom is 0.199 e. The minimum Gasteiger partial charge on any atom is -0.508 e. The topological polar surface area (TPSA) is 64.9 Å². The van der Waals surface area contributed by atoms with Crippen LogP contribution in [0.5, 0.6) is 11.5 Å². The van der Waals surface area contributed by atoms with Crippen molar-refractivity contribution in [2.75, 3.05) is 5.43 Å². The number of rotatable bonds is 1. The van der Waals surface area contributed by atoms with Crippen LogP contribution in [-0.2, 0) is 0 Å². The highest BCUT2D eigenvalue weighted by molar-refractivity contribution is 8.14. The molecule has 1 heterocycles. The van der Waals surface area contributed by atoms with E-state index in [1.807, 2.05) is 0 Å². The average Bonchev–Trinajstić information content (AvgIpc) is 2.50. The van der Waals surface area contributed by atoms with Gasteiger partial charge in [0.1, 0.15) is 22.2 Å². The number of anilines is 1. The number of nitrogens with one attached hydrogen (secondary N) is 1. The molecule has 1 aliphatic heterocycles. The number of aromatic hydroxyl groups is 2. The molecule has 0 amide bonds. The van der Waals surface area contributed by atoms with Gasteiger partial charge in [-0.3, -0.25) is 5.43 Å². The number of hydrogen-bond donors (Lipinski definition) is 3. The molecular formula is C13H6F4N2O2S. The van der Waals surface area contributed by atoms with E-state index in [1.54, 1.807) is 0 Å². The van der Waals surface area contributed by atoms with Gasteiger partial charge in [-0.15, -0.1) is 0 Å². The second-order valence-corrected chi connectivity index (χ2v) is 5.29. The second-order valence-electron chi connectivity index (χ2n) is 4.29. The van der Waals surface area contributed by atoms with Crippen LogP contribution >= 0.6 is 11.8 Å². The molecule has 22 heavy (non-hydrogen) atoms. The summed E-state index contributed by atoms with van der Waals surface area (Å²) in [5, 5.41) is 22.6. The molecule has 114 valence electrons. The summed E-state index contributed by atoms with van der Waals surface area (Å²) < 4.78 is 53.8. The molecule has 0 unspecified atom stereocenters. The summed E-state index contributed by atoms with van der Waals surface area (Å²) in [6, 6.07) is 3.56. The van der Waals surface area contributed by atoms with E-state index in [2.05, 4.69) is 10.5 Å². The minimum absolute atomic E-state index is 0.00527. The third-order valence-electron chi connectivity index (χ3n) is 2.90. The van der Waals surface area contributed by atoms with E-state index in [9.17, 15) is 27.8 Å².